The van der Waals surface area contributed by atoms with E-state index in [4.69, 9.17) is 23.4 Å². The first kappa shape index (κ1) is 36.8. The third kappa shape index (κ3) is 5.54. The standard InChI is InChI=1S/C50H53BN2O5/c1-28-22-33(50(8,9)10)23-29(2)44(28)52-36-14-11-15-37-43(36)51(35-26-40-41(27-38(35)52)55-19-12-18-54-40)48-46(34-25-32(49(5,6)7)16-17-39(34)58-48)53(37)45-30(3)24-42-47(31(45)4)57-21-13-20-56-42/h11,14-17,22-27H,12-13,18-21H2,1-10H3. The van der Waals surface area contributed by atoms with Crippen LogP contribution in [0.4, 0.5) is 34.1 Å². The second-order valence-electron chi connectivity index (χ2n) is 18.8. The first-order valence-corrected chi connectivity index (χ1v) is 21.0. The van der Waals surface area contributed by atoms with Gasteiger partial charge in [-0.25, -0.2) is 0 Å². The minimum Gasteiger partial charge on any atom is -0.490 e. The normalized spacial score (nSPS) is 15.8. The van der Waals surface area contributed by atoms with Gasteiger partial charge in [0, 0.05) is 46.9 Å². The van der Waals surface area contributed by atoms with Gasteiger partial charge in [-0.05, 0) is 114 Å². The first-order valence-electron chi connectivity index (χ1n) is 21.0. The molecule has 5 aromatic carbocycles. The van der Waals surface area contributed by atoms with Crippen LogP contribution in [-0.4, -0.2) is 33.1 Å². The average molecular weight is 773 g/mol. The van der Waals surface area contributed by atoms with E-state index in [1.165, 1.54) is 33.4 Å². The van der Waals surface area contributed by atoms with E-state index in [-0.39, 0.29) is 17.5 Å². The summed E-state index contributed by atoms with van der Waals surface area (Å²) >= 11 is 0. The van der Waals surface area contributed by atoms with E-state index >= 15 is 0 Å². The van der Waals surface area contributed by atoms with E-state index in [1.807, 2.05) is 0 Å². The highest BCUT2D eigenvalue weighted by Gasteiger charge is 2.48. The molecule has 0 saturated carbocycles. The van der Waals surface area contributed by atoms with Crippen molar-refractivity contribution in [2.75, 3.05) is 36.2 Å². The fourth-order valence-electron chi connectivity index (χ4n) is 9.72. The zero-order valence-electron chi connectivity index (χ0n) is 35.6. The molecule has 6 aromatic rings. The highest BCUT2D eigenvalue weighted by molar-refractivity contribution is 7.00. The summed E-state index contributed by atoms with van der Waals surface area (Å²) in [6.07, 6.45) is 1.67. The van der Waals surface area contributed by atoms with Crippen LogP contribution in [0.2, 0.25) is 0 Å². The Morgan fingerprint density at radius 3 is 1.83 bits per heavy atom. The lowest BCUT2D eigenvalue weighted by molar-refractivity contribution is 0.296. The zero-order valence-corrected chi connectivity index (χ0v) is 35.6. The predicted molar refractivity (Wildman–Crippen MR) is 238 cm³/mol. The summed E-state index contributed by atoms with van der Waals surface area (Å²) < 4.78 is 32.9. The molecule has 4 aliphatic rings. The quantitative estimate of drug-likeness (QED) is 0.162. The number of ether oxygens (including phenoxy) is 4. The number of benzene rings is 5. The van der Waals surface area contributed by atoms with E-state index in [2.05, 4.69) is 146 Å². The van der Waals surface area contributed by atoms with Crippen molar-refractivity contribution in [3.8, 4) is 23.0 Å². The second-order valence-corrected chi connectivity index (χ2v) is 18.8. The lowest BCUT2D eigenvalue weighted by Crippen LogP contribution is -2.61. The zero-order chi connectivity index (χ0) is 40.4. The number of aryl methyl sites for hydroxylation is 3. The molecule has 8 heteroatoms. The van der Waals surface area contributed by atoms with Crippen molar-refractivity contribution in [1.82, 2.24) is 0 Å². The Balaban J connectivity index is 1.32. The molecule has 0 atom stereocenters. The van der Waals surface area contributed by atoms with Gasteiger partial charge in [0.1, 0.15) is 5.58 Å². The Hall–Kier alpha value is -5.50. The molecular formula is C50H53BN2O5. The molecule has 58 heavy (non-hydrogen) atoms. The Morgan fingerprint density at radius 2 is 1.16 bits per heavy atom. The monoisotopic (exact) mass is 772 g/mol. The van der Waals surface area contributed by atoms with Crippen molar-refractivity contribution in [1.29, 1.82) is 0 Å². The molecule has 0 aliphatic carbocycles. The third-order valence-corrected chi connectivity index (χ3v) is 12.6. The molecule has 0 unspecified atom stereocenters. The second kappa shape index (κ2) is 13.0. The van der Waals surface area contributed by atoms with Gasteiger partial charge in [0.05, 0.1) is 49.1 Å². The number of hydrogen-bond acceptors (Lipinski definition) is 7. The van der Waals surface area contributed by atoms with Crippen molar-refractivity contribution < 1.29 is 23.4 Å². The first-order chi connectivity index (χ1) is 27.7. The highest BCUT2D eigenvalue weighted by atomic mass is 16.5. The van der Waals surface area contributed by atoms with Crippen LogP contribution in [-0.2, 0) is 10.8 Å². The van der Waals surface area contributed by atoms with Crippen LogP contribution in [0, 0.1) is 27.7 Å². The molecular weight excluding hydrogens is 719 g/mol. The molecule has 0 spiro atoms. The van der Waals surface area contributed by atoms with Gasteiger partial charge in [0.2, 0.25) is 0 Å². The van der Waals surface area contributed by atoms with Gasteiger partial charge in [-0.15, -0.1) is 0 Å². The molecule has 0 amide bonds. The number of fused-ring (bicyclic) bond motifs is 8. The number of hydrogen-bond donors (Lipinski definition) is 0. The van der Waals surface area contributed by atoms with Gasteiger partial charge >= 0.3 is 0 Å². The smallest absolute Gasteiger partial charge is 0.297 e. The summed E-state index contributed by atoms with van der Waals surface area (Å²) in [5.74, 6) is 3.17. The SMILES string of the molecule is Cc1cc(C(C)(C)C)cc(C)c1N1c2cc3c(cc2B2c4oc5ccc(C(C)(C)C)cc5c4N(c4c(C)cc5c(c4C)OCCCO5)c4cccc1c42)OCCCO3. The van der Waals surface area contributed by atoms with Crippen molar-refractivity contribution in [2.24, 2.45) is 0 Å². The Bertz CT molecular complexity index is 2660. The number of nitrogens with zero attached hydrogens (tertiary/aromatic N) is 2. The number of anilines is 6. The van der Waals surface area contributed by atoms with E-state index in [0.29, 0.717) is 26.4 Å². The highest BCUT2D eigenvalue weighted by Crippen LogP contribution is 2.52. The Kier molecular flexibility index (Phi) is 8.26. The van der Waals surface area contributed by atoms with Gasteiger partial charge in [-0.1, -0.05) is 65.8 Å². The summed E-state index contributed by atoms with van der Waals surface area (Å²) in [6.45, 7) is 24.8. The van der Waals surface area contributed by atoms with Crippen LogP contribution in [0.15, 0.2) is 71.1 Å². The molecule has 296 valence electrons. The molecule has 1 aromatic heterocycles. The molecule has 5 heterocycles. The maximum absolute atomic E-state index is 7.25. The van der Waals surface area contributed by atoms with Crippen LogP contribution in [0.1, 0.15) is 87.8 Å². The summed E-state index contributed by atoms with van der Waals surface area (Å²) in [5.41, 5.74) is 17.9. The van der Waals surface area contributed by atoms with Crippen molar-refractivity contribution >= 4 is 68.4 Å². The number of rotatable bonds is 2. The van der Waals surface area contributed by atoms with Gasteiger partial charge < -0.3 is 33.2 Å². The van der Waals surface area contributed by atoms with Crippen LogP contribution >= 0.6 is 0 Å². The summed E-state index contributed by atoms with van der Waals surface area (Å²) in [6, 6.07) is 24.9. The molecule has 0 fully saturated rings. The van der Waals surface area contributed by atoms with Crippen molar-refractivity contribution in [3.63, 3.8) is 0 Å². The fourth-order valence-corrected chi connectivity index (χ4v) is 9.72. The molecule has 0 saturated heterocycles. The summed E-state index contributed by atoms with van der Waals surface area (Å²) in [4.78, 5) is 4.95. The predicted octanol–water partition coefficient (Wildman–Crippen LogP) is 10.7. The van der Waals surface area contributed by atoms with Crippen LogP contribution < -0.4 is 45.3 Å². The lowest BCUT2D eigenvalue weighted by atomic mass is 9.35. The van der Waals surface area contributed by atoms with Gasteiger partial charge in [0.25, 0.3) is 6.71 Å². The molecule has 4 aliphatic heterocycles. The van der Waals surface area contributed by atoms with Crippen LogP contribution in [0.25, 0.3) is 11.0 Å². The number of furan rings is 1. The topological polar surface area (TPSA) is 56.5 Å². The third-order valence-electron chi connectivity index (χ3n) is 12.6. The van der Waals surface area contributed by atoms with Gasteiger partial charge in [-0.2, -0.15) is 0 Å². The van der Waals surface area contributed by atoms with Gasteiger partial charge in [-0.3, -0.25) is 0 Å². The lowest BCUT2D eigenvalue weighted by Gasteiger charge is -2.44. The van der Waals surface area contributed by atoms with E-state index < -0.39 is 0 Å². The molecule has 0 N–H and O–H groups in total. The maximum atomic E-state index is 7.25. The average Bonchev–Trinajstić information content (AvgIpc) is 3.28. The Labute approximate surface area is 342 Å². The molecule has 7 nitrogen and oxygen atoms in total. The molecule has 10 rings (SSSR count). The van der Waals surface area contributed by atoms with Crippen molar-refractivity contribution in [3.05, 3.63) is 100 Å². The van der Waals surface area contributed by atoms with E-state index in [1.54, 1.807) is 0 Å². The molecule has 0 radical (unpaired) electrons. The van der Waals surface area contributed by atoms with Crippen molar-refractivity contribution in [2.45, 2.75) is 92.9 Å². The van der Waals surface area contributed by atoms with Crippen LogP contribution in [0.5, 0.6) is 23.0 Å². The van der Waals surface area contributed by atoms with E-state index in [0.717, 1.165) is 97.5 Å². The fraction of sp³-hybridized carbons (Fsp3) is 0.360. The maximum Gasteiger partial charge on any atom is 0.297 e. The largest absolute Gasteiger partial charge is 0.490 e. The Morgan fingerprint density at radius 1 is 0.552 bits per heavy atom. The van der Waals surface area contributed by atoms with Crippen LogP contribution in [0.3, 0.4) is 0 Å². The summed E-state index contributed by atoms with van der Waals surface area (Å²) in [7, 11) is 0. The minimum atomic E-state index is -0.221. The van der Waals surface area contributed by atoms with E-state index in [9.17, 15) is 0 Å². The summed E-state index contributed by atoms with van der Waals surface area (Å²) in [5, 5.41) is 1.09. The minimum absolute atomic E-state index is 0.0107. The molecule has 0 bridgehead atoms. The van der Waals surface area contributed by atoms with Gasteiger partial charge in [0.15, 0.2) is 23.0 Å².